The largest absolute Gasteiger partial charge is 0.519 e. The maximum atomic E-state index is 13.4. The number of hydrogen-bond donors (Lipinski definition) is 0. The van der Waals surface area contributed by atoms with Crippen molar-refractivity contribution >= 4 is 17.5 Å². The van der Waals surface area contributed by atoms with Gasteiger partial charge in [0, 0.05) is 73.9 Å². The first-order chi connectivity index (χ1) is 26.0. The topological polar surface area (TPSA) is 159 Å². The van der Waals surface area contributed by atoms with Crippen molar-refractivity contribution in [2.45, 2.75) is 167 Å². The highest BCUT2D eigenvalue weighted by Crippen LogP contribution is 2.39. The second kappa shape index (κ2) is 21.4. The number of hydrogen-bond acceptors (Lipinski definition) is 11. The minimum Gasteiger partial charge on any atom is -0.394 e. The van der Waals surface area contributed by atoms with Crippen molar-refractivity contribution < 1.29 is 43.1 Å². The van der Waals surface area contributed by atoms with Crippen LogP contribution < -0.4 is 9.47 Å². The third-order valence-corrected chi connectivity index (χ3v) is 10.3. The van der Waals surface area contributed by atoms with Gasteiger partial charge in [-0.25, -0.2) is 4.79 Å². The molecule has 13 nitrogen and oxygen atoms in total. The molecule has 2 fully saturated rings. The molecule has 2 heterocycles. The van der Waals surface area contributed by atoms with Crippen LogP contribution in [0.5, 0.6) is 11.5 Å². The number of carbonyl (C=O) groups is 1. The lowest BCUT2D eigenvalue weighted by atomic mass is 10.0. The molecular formula is C41H60N2O11. The zero-order valence-electron chi connectivity index (χ0n) is 32.6. The number of rotatable bonds is 24. The van der Waals surface area contributed by atoms with E-state index in [1.807, 2.05) is 0 Å². The van der Waals surface area contributed by atoms with Crippen molar-refractivity contribution in [3.63, 3.8) is 0 Å². The van der Waals surface area contributed by atoms with E-state index < -0.39 is 39.8 Å². The molecule has 0 aliphatic carbocycles. The Kier molecular flexibility index (Phi) is 17.1. The van der Waals surface area contributed by atoms with Crippen LogP contribution in [0.2, 0.25) is 0 Å². The van der Waals surface area contributed by atoms with Crippen molar-refractivity contribution in [1.29, 1.82) is 0 Å². The summed E-state index contributed by atoms with van der Waals surface area (Å²) in [6.07, 6.45) is 14.0. The highest BCUT2D eigenvalue weighted by atomic mass is 16.8. The molecule has 0 bridgehead atoms. The van der Waals surface area contributed by atoms with Crippen LogP contribution in [-0.4, -0.2) is 53.0 Å². The lowest BCUT2D eigenvalue weighted by molar-refractivity contribution is -0.385. The normalized spacial score (nSPS) is 18.8. The van der Waals surface area contributed by atoms with Crippen molar-refractivity contribution in [3.05, 3.63) is 67.8 Å². The van der Waals surface area contributed by atoms with Gasteiger partial charge >= 0.3 is 6.16 Å². The summed E-state index contributed by atoms with van der Waals surface area (Å²) in [7, 11) is 0. The number of nitro groups is 2. The van der Waals surface area contributed by atoms with Gasteiger partial charge in [-0.1, -0.05) is 79.1 Å². The van der Waals surface area contributed by atoms with Crippen molar-refractivity contribution in [2.24, 2.45) is 0 Å². The Hall–Kier alpha value is -3.65. The smallest absolute Gasteiger partial charge is 0.394 e. The van der Waals surface area contributed by atoms with Gasteiger partial charge in [-0.15, -0.1) is 0 Å². The fourth-order valence-electron chi connectivity index (χ4n) is 7.35. The second-order valence-corrected chi connectivity index (χ2v) is 14.7. The number of non-ortho nitro benzene ring substituents is 2. The van der Waals surface area contributed by atoms with E-state index >= 15 is 0 Å². The van der Waals surface area contributed by atoms with Gasteiger partial charge in [-0.3, -0.25) is 20.2 Å². The SMILES string of the molecule is CCCCCC1(CCCCC)OCC(Cc2cc([N+](=O)[O-])ccc2OC(=O)Oc2ccc([N+](=O)[O-])cc2CC2COC(CCCCC)(CCCCC)O2)O1. The molecule has 4 rings (SSSR count). The molecule has 0 radical (unpaired) electrons. The molecule has 0 aromatic heterocycles. The van der Waals surface area contributed by atoms with Crippen LogP contribution in [0.15, 0.2) is 36.4 Å². The maximum Gasteiger partial charge on any atom is 0.519 e. The van der Waals surface area contributed by atoms with E-state index in [1.54, 1.807) is 0 Å². The van der Waals surface area contributed by atoms with Gasteiger partial charge < -0.3 is 28.4 Å². The monoisotopic (exact) mass is 756 g/mol. The summed E-state index contributed by atoms with van der Waals surface area (Å²) >= 11 is 0. The van der Waals surface area contributed by atoms with Crippen LogP contribution in [0.4, 0.5) is 16.2 Å². The van der Waals surface area contributed by atoms with Gasteiger partial charge in [0.1, 0.15) is 11.5 Å². The van der Waals surface area contributed by atoms with E-state index in [0.29, 0.717) is 24.3 Å². The summed E-state index contributed by atoms with van der Waals surface area (Å²) in [5.74, 6) is -1.24. The van der Waals surface area contributed by atoms with E-state index in [1.165, 1.54) is 36.4 Å². The molecule has 2 saturated heterocycles. The number of unbranched alkanes of at least 4 members (excludes halogenated alkanes) is 8. The Balaban J connectivity index is 1.50. The van der Waals surface area contributed by atoms with Gasteiger partial charge in [-0.05, 0) is 37.8 Å². The summed E-state index contributed by atoms with van der Waals surface area (Å²) < 4.78 is 37.0. The molecule has 2 aromatic carbocycles. The fraction of sp³-hybridized carbons (Fsp3) is 0.683. The lowest BCUT2D eigenvalue weighted by Gasteiger charge is -2.28. The third kappa shape index (κ3) is 12.7. The van der Waals surface area contributed by atoms with Crippen LogP contribution >= 0.6 is 0 Å². The van der Waals surface area contributed by atoms with Crippen molar-refractivity contribution in [1.82, 2.24) is 0 Å². The zero-order valence-corrected chi connectivity index (χ0v) is 32.6. The molecule has 2 unspecified atom stereocenters. The first kappa shape index (κ1) is 43.1. The van der Waals surface area contributed by atoms with Gasteiger partial charge in [0.15, 0.2) is 11.6 Å². The highest BCUT2D eigenvalue weighted by molar-refractivity contribution is 5.69. The first-order valence-corrected chi connectivity index (χ1v) is 20.1. The molecule has 300 valence electrons. The molecule has 2 aliphatic heterocycles. The number of carbonyl (C=O) groups excluding carboxylic acids is 1. The van der Waals surface area contributed by atoms with Crippen molar-refractivity contribution in [3.8, 4) is 11.5 Å². The van der Waals surface area contributed by atoms with E-state index in [-0.39, 0.29) is 35.7 Å². The van der Waals surface area contributed by atoms with E-state index in [0.717, 1.165) is 103 Å². The summed E-state index contributed by atoms with van der Waals surface area (Å²) in [6, 6.07) is 8.03. The maximum absolute atomic E-state index is 13.4. The summed E-state index contributed by atoms with van der Waals surface area (Å²) in [6.45, 7) is 9.20. The van der Waals surface area contributed by atoms with Gasteiger partial charge in [0.05, 0.1) is 35.3 Å². The Morgan fingerprint density at radius 2 is 0.981 bits per heavy atom. The fourth-order valence-corrected chi connectivity index (χ4v) is 7.35. The predicted octanol–water partition coefficient (Wildman–Crippen LogP) is 10.7. The summed E-state index contributed by atoms with van der Waals surface area (Å²) in [5, 5.41) is 23.5. The Bertz CT molecular complexity index is 1390. The van der Waals surface area contributed by atoms with Gasteiger partial charge in [0.25, 0.3) is 11.4 Å². The van der Waals surface area contributed by atoms with Crippen LogP contribution in [0, 0.1) is 20.2 Å². The number of nitrogens with zero attached hydrogens (tertiary/aromatic N) is 2. The summed E-state index contributed by atoms with van der Waals surface area (Å²) in [5.41, 5.74) is 0.489. The van der Waals surface area contributed by atoms with E-state index in [9.17, 15) is 25.0 Å². The molecule has 0 saturated carbocycles. The highest BCUT2D eigenvalue weighted by Gasteiger charge is 2.42. The average Bonchev–Trinajstić information content (AvgIpc) is 3.73. The van der Waals surface area contributed by atoms with Crippen molar-refractivity contribution in [2.75, 3.05) is 13.2 Å². The number of ether oxygens (including phenoxy) is 6. The number of benzene rings is 2. The molecule has 54 heavy (non-hydrogen) atoms. The second-order valence-electron chi connectivity index (χ2n) is 14.7. The molecule has 0 spiro atoms. The minimum absolute atomic E-state index is 0.0867. The molecule has 2 aromatic rings. The molecular weight excluding hydrogens is 696 g/mol. The third-order valence-electron chi connectivity index (χ3n) is 10.3. The molecule has 2 aliphatic rings. The number of nitro benzene ring substituents is 2. The van der Waals surface area contributed by atoms with Crippen LogP contribution in [0.3, 0.4) is 0 Å². The Morgan fingerprint density at radius 1 is 0.630 bits per heavy atom. The van der Waals surface area contributed by atoms with Gasteiger partial charge in [-0.2, -0.15) is 0 Å². The van der Waals surface area contributed by atoms with Crippen LogP contribution in [0.25, 0.3) is 0 Å². The van der Waals surface area contributed by atoms with E-state index in [2.05, 4.69) is 27.7 Å². The lowest BCUT2D eigenvalue weighted by Crippen LogP contribution is -2.31. The summed E-state index contributed by atoms with van der Waals surface area (Å²) in [4.78, 5) is 35.8. The Labute approximate surface area is 319 Å². The molecule has 0 amide bonds. The zero-order chi connectivity index (χ0) is 39.0. The standard InChI is InChI=1S/C41H60N2O11/c1-5-9-13-21-40(22-14-10-6-2)49-29-35(53-40)27-31-25-33(42(45)46)17-19-37(31)51-39(44)52-38-20-18-34(43(47)48)26-32(38)28-36-30-50-41(54-36,23-15-11-7-3)24-16-12-8-4/h17-20,25-26,35-36H,5-16,21-24,27-30H2,1-4H3. The molecule has 2 atom stereocenters. The predicted molar refractivity (Wildman–Crippen MR) is 204 cm³/mol. The van der Waals surface area contributed by atoms with Gasteiger partial charge in [0.2, 0.25) is 0 Å². The quantitative estimate of drug-likeness (QED) is 0.0330. The minimum atomic E-state index is -1.09. The molecule has 13 heteroatoms. The van der Waals surface area contributed by atoms with Crippen LogP contribution in [0.1, 0.15) is 142 Å². The van der Waals surface area contributed by atoms with Crippen LogP contribution in [-0.2, 0) is 31.8 Å². The average molecular weight is 757 g/mol. The first-order valence-electron chi connectivity index (χ1n) is 20.1. The molecule has 0 N–H and O–H groups in total. The van der Waals surface area contributed by atoms with E-state index in [4.69, 9.17) is 28.4 Å². The Morgan fingerprint density at radius 3 is 1.30 bits per heavy atom.